The molecule has 0 N–H and O–H groups in total. The molecule has 1 aliphatic rings. The molecule has 1 aliphatic heterocycles. The number of aromatic nitrogens is 2. The maximum absolute atomic E-state index is 12.0. The maximum Gasteiger partial charge on any atom is 0.511 e. The van der Waals surface area contributed by atoms with Crippen LogP contribution in [0.3, 0.4) is 0 Å². The average Bonchev–Trinajstić information content (AvgIpc) is 3.56. The van der Waals surface area contributed by atoms with Gasteiger partial charge in [-0.05, 0) is 36.5 Å². The zero-order chi connectivity index (χ0) is 24.9. The van der Waals surface area contributed by atoms with Crippen LogP contribution >= 0.6 is 0 Å². The lowest BCUT2D eigenvalue weighted by Gasteiger charge is -2.21. The van der Waals surface area contributed by atoms with Gasteiger partial charge in [-0.1, -0.05) is 58.0 Å². The molecule has 34 heavy (non-hydrogen) atoms. The van der Waals surface area contributed by atoms with Crippen LogP contribution in [0.2, 0.25) is 0 Å². The minimum Gasteiger partial charge on any atom is -0.455 e. The van der Waals surface area contributed by atoms with Crippen molar-refractivity contribution in [3.63, 3.8) is 0 Å². The fourth-order valence-electron chi connectivity index (χ4n) is 3.48. The number of benzene rings is 1. The van der Waals surface area contributed by atoms with E-state index in [0.717, 1.165) is 22.5 Å². The molecule has 3 rings (SSSR count). The Morgan fingerprint density at radius 2 is 1.88 bits per heavy atom. The fourth-order valence-corrected chi connectivity index (χ4v) is 3.48. The maximum atomic E-state index is 12.0. The first kappa shape index (κ1) is 25.3. The van der Waals surface area contributed by atoms with E-state index in [4.69, 9.17) is 14.2 Å². The van der Waals surface area contributed by atoms with Crippen LogP contribution in [0.25, 0.3) is 11.3 Å². The second-order valence-electron chi connectivity index (χ2n) is 9.48. The second-order valence-corrected chi connectivity index (χ2v) is 9.48. The Bertz CT molecular complexity index is 1070. The van der Waals surface area contributed by atoms with Gasteiger partial charge < -0.3 is 14.2 Å². The standard InChI is InChI=1S/C27H35N3O4/c1-8-18(3)16-32-26(31)34-17-33-25(23-14-19(4)29-30(23)9-2)24(22-15-28-22)20-10-12-21(13-11-20)27(5,6)7/h8,10-15,18,22H,1,9,16-17H2,2-7H3/b25-24+. The molecule has 0 saturated carbocycles. The van der Waals surface area contributed by atoms with Crippen LogP contribution in [0, 0.1) is 12.8 Å². The van der Waals surface area contributed by atoms with Crippen LogP contribution in [-0.2, 0) is 26.2 Å². The van der Waals surface area contributed by atoms with Gasteiger partial charge in [0.15, 0.2) is 5.76 Å². The summed E-state index contributed by atoms with van der Waals surface area (Å²) in [5.41, 5.74) is 4.87. The third-order valence-corrected chi connectivity index (χ3v) is 5.58. The molecule has 2 unspecified atom stereocenters. The molecule has 0 bridgehead atoms. The van der Waals surface area contributed by atoms with Gasteiger partial charge in [-0.15, -0.1) is 6.58 Å². The zero-order valence-electron chi connectivity index (χ0n) is 21.0. The van der Waals surface area contributed by atoms with Crippen molar-refractivity contribution in [1.29, 1.82) is 0 Å². The van der Waals surface area contributed by atoms with E-state index in [0.29, 0.717) is 12.3 Å². The van der Waals surface area contributed by atoms with Gasteiger partial charge in [0.2, 0.25) is 6.79 Å². The van der Waals surface area contributed by atoms with Crippen LogP contribution in [0.1, 0.15) is 57.1 Å². The van der Waals surface area contributed by atoms with E-state index < -0.39 is 6.16 Å². The normalized spacial score (nSPS) is 16.5. The monoisotopic (exact) mass is 465 g/mol. The molecule has 2 atom stereocenters. The highest BCUT2D eigenvalue weighted by atomic mass is 16.8. The summed E-state index contributed by atoms with van der Waals surface area (Å²) in [4.78, 5) is 16.4. The van der Waals surface area contributed by atoms with Gasteiger partial charge >= 0.3 is 6.16 Å². The average molecular weight is 466 g/mol. The summed E-state index contributed by atoms with van der Waals surface area (Å²) in [6, 6.07) is 10.3. The van der Waals surface area contributed by atoms with E-state index in [2.05, 4.69) is 61.7 Å². The minimum absolute atomic E-state index is 0.0421. The number of rotatable bonds is 10. The molecule has 0 aliphatic carbocycles. The summed E-state index contributed by atoms with van der Waals surface area (Å²) >= 11 is 0. The van der Waals surface area contributed by atoms with Crippen molar-refractivity contribution in [2.75, 3.05) is 13.4 Å². The summed E-state index contributed by atoms with van der Waals surface area (Å²) in [7, 11) is 0. The van der Waals surface area contributed by atoms with Crippen molar-refractivity contribution in [2.24, 2.45) is 10.9 Å². The summed E-state index contributed by atoms with van der Waals surface area (Å²) < 4.78 is 18.3. The smallest absolute Gasteiger partial charge is 0.455 e. The Balaban J connectivity index is 1.92. The van der Waals surface area contributed by atoms with Crippen molar-refractivity contribution in [3.8, 4) is 0 Å². The SMILES string of the molecule is C=CC(C)COC(=O)OCO/C(=C(\c1ccc(C(C)(C)C)cc1)C1C=N1)c1cc(C)nn1CC. The van der Waals surface area contributed by atoms with Crippen molar-refractivity contribution in [1.82, 2.24) is 9.78 Å². The molecular weight excluding hydrogens is 430 g/mol. The number of hydrogen-bond donors (Lipinski definition) is 0. The summed E-state index contributed by atoms with van der Waals surface area (Å²) in [5, 5.41) is 4.57. The topological polar surface area (TPSA) is 74.9 Å². The first-order valence-electron chi connectivity index (χ1n) is 11.6. The van der Waals surface area contributed by atoms with E-state index in [1.807, 2.05) is 37.7 Å². The molecule has 0 radical (unpaired) electrons. The predicted octanol–water partition coefficient (Wildman–Crippen LogP) is 5.78. The lowest BCUT2D eigenvalue weighted by atomic mass is 9.86. The molecule has 7 heteroatoms. The summed E-state index contributed by atoms with van der Waals surface area (Å²) in [5.74, 6) is 0.626. The number of hydrogen-bond acceptors (Lipinski definition) is 6. The lowest BCUT2D eigenvalue weighted by molar-refractivity contribution is -0.00844. The van der Waals surface area contributed by atoms with Gasteiger partial charge in [-0.3, -0.25) is 9.67 Å². The summed E-state index contributed by atoms with van der Waals surface area (Å²) in [6.45, 7) is 16.7. The predicted molar refractivity (Wildman–Crippen MR) is 135 cm³/mol. The highest BCUT2D eigenvalue weighted by Gasteiger charge is 2.29. The van der Waals surface area contributed by atoms with E-state index in [1.165, 1.54) is 5.56 Å². The van der Waals surface area contributed by atoms with Gasteiger partial charge in [-0.2, -0.15) is 5.10 Å². The largest absolute Gasteiger partial charge is 0.511 e. The van der Waals surface area contributed by atoms with Crippen LogP contribution in [0.15, 0.2) is 48.0 Å². The molecule has 0 fully saturated rings. The second kappa shape index (κ2) is 10.7. The van der Waals surface area contributed by atoms with Crippen LogP contribution in [-0.4, -0.2) is 41.6 Å². The molecule has 2 aromatic rings. The molecule has 1 aromatic heterocycles. The molecule has 182 valence electrons. The number of carbonyl (C=O) groups is 1. The van der Waals surface area contributed by atoms with Gasteiger partial charge in [0.25, 0.3) is 0 Å². The van der Waals surface area contributed by atoms with Gasteiger partial charge in [0.1, 0.15) is 18.3 Å². The van der Waals surface area contributed by atoms with E-state index in [9.17, 15) is 4.79 Å². The Kier molecular flexibility index (Phi) is 7.97. The summed E-state index contributed by atoms with van der Waals surface area (Å²) in [6.07, 6.45) is 2.81. The third kappa shape index (κ3) is 6.37. The number of carbonyl (C=O) groups excluding carboxylic acids is 1. The molecule has 1 aromatic carbocycles. The quantitative estimate of drug-likeness (QED) is 0.192. The van der Waals surface area contributed by atoms with Crippen molar-refractivity contribution < 1.29 is 19.0 Å². The van der Waals surface area contributed by atoms with Crippen molar-refractivity contribution in [2.45, 2.75) is 59.5 Å². The highest BCUT2D eigenvalue weighted by Crippen LogP contribution is 2.35. The van der Waals surface area contributed by atoms with Gasteiger partial charge in [0, 0.05) is 24.3 Å². The Morgan fingerprint density at radius 1 is 1.21 bits per heavy atom. The van der Waals surface area contributed by atoms with Crippen LogP contribution in [0.4, 0.5) is 4.79 Å². The van der Waals surface area contributed by atoms with E-state index in [-0.39, 0.29) is 30.8 Å². The fraction of sp³-hybridized carbons (Fsp3) is 0.444. The number of aryl methyl sites for hydroxylation is 2. The Hall–Kier alpha value is -3.35. The zero-order valence-corrected chi connectivity index (χ0v) is 21.0. The molecule has 0 spiro atoms. The van der Waals surface area contributed by atoms with Gasteiger partial charge in [-0.25, -0.2) is 4.79 Å². The lowest BCUT2D eigenvalue weighted by Crippen LogP contribution is -2.15. The van der Waals surface area contributed by atoms with E-state index in [1.54, 1.807) is 6.08 Å². The molecule has 0 amide bonds. The molecule has 2 heterocycles. The van der Waals surface area contributed by atoms with Crippen molar-refractivity contribution >= 4 is 23.7 Å². The molecule has 0 saturated heterocycles. The first-order valence-corrected chi connectivity index (χ1v) is 11.6. The van der Waals surface area contributed by atoms with Crippen molar-refractivity contribution in [3.05, 3.63) is 65.5 Å². The van der Waals surface area contributed by atoms with Crippen LogP contribution < -0.4 is 0 Å². The third-order valence-electron chi connectivity index (χ3n) is 5.58. The first-order chi connectivity index (χ1) is 16.1. The number of ether oxygens (including phenoxy) is 3. The minimum atomic E-state index is -0.785. The number of nitrogens with zero attached hydrogens (tertiary/aromatic N) is 3. The molecule has 7 nitrogen and oxygen atoms in total. The Morgan fingerprint density at radius 3 is 2.44 bits per heavy atom. The van der Waals surface area contributed by atoms with Gasteiger partial charge in [0.05, 0.1) is 5.69 Å². The molecular formula is C27H35N3O4. The van der Waals surface area contributed by atoms with E-state index >= 15 is 0 Å². The highest BCUT2D eigenvalue weighted by molar-refractivity contribution is 6.03. The number of aliphatic imine (C=N–C) groups is 1. The van der Waals surface area contributed by atoms with Crippen LogP contribution in [0.5, 0.6) is 0 Å². The Labute approximate surface area is 202 Å².